The number of hydrogen-bond donors (Lipinski definition) is 1. The van der Waals surface area contributed by atoms with Crippen LogP contribution in [0.3, 0.4) is 0 Å². The number of hydrogen-bond acceptors (Lipinski definition) is 3. The molecule has 0 spiro atoms. The van der Waals surface area contributed by atoms with Crippen LogP contribution in [0.4, 0.5) is 0 Å². The van der Waals surface area contributed by atoms with Gasteiger partial charge in [0.15, 0.2) is 0 Å². The average Bonchev–Trinajstić information content (AvgIpc) is 2.28. The molecule has 1 heterocycles. The molecule has 1 aliphatic rings. The molecule has 3 nitrogen and oxygen atoms in total. The van der Waals surface area contributed by atoms with Crippen LogP contribution >= 0.6 is 0 Å². The van der Waals surface area contributed by atoms with E-state index in [2.05, 4.69) is 50.0 Å². The SMILES string of the molecule is CC(C)CN(CCN(C)C)CC1NCCCC1C. The Kier molecular flexibility index (Phi) is 7.20. The lowest BCUT2D eigenvalue weighted by Crippen LogP contribution is -2.49. The quantitative estimate of drug-likeness (QED) is 0.749. The van der Waals surface area contributed by atoms with E-state index >= 15 is 0 Å². The van der Waals surface area contributed by atoms with Crippen molar-refractivity contribution in [3.05, 3.63) is 0 Å². The van der Waals surface area contributed by atoms with Crippen molar-refractivity contribution in [2.75, 3.05) is 46.8 Å². The first kappa shape index (κ1) is 15.9. The molecule has 1 saturated heterocycles. The Morgan fingerprint density at radius 1 is 1.22 bits per heavy atom. The predicted octanol–water partition coefficient (Wildman–Crippen LogP) is 1.89. The maximum absolute atomic E-state index is 3.70. The number of rotatable bonds is 7. The Labute approximate surface area is 114 Å². The summed E-state index contributed by atoms with van der Waals surface area (Å²) in [5.41, 5.74) is 0. The molecular formula is C15H33N3. The van der Waals surface area contributed by atoms with Crippen LogP contribution in [-0.4, -0.2) is 62.7 Å². The fourth-order valence-corrected chi connectivity index (χ4v) is 2.75. The van der Waals surface area contributed by atoms with Gasteiger partial charge in [0, 0.05) is 32.2 Å². The molecule has 0 saturated carbocycles. The Morgan fingerprint density at radius 3 is 2.50 bits per heavy atom. The van der Waals surface area contributed by atoms with Crippen molar-refractivity contribution in [2.24, 2.45) is 11.8 Å². The third-order valence-corrected chi connectivity index (χ3v) is 3.87. The maximum Gasteiger partial charge on any atom is 0.0220 e. The molecule has 3 heteroatoms. The van der Waals surface area contributed by atoms with Gasteiger partial charge in [-0.25, -0.2) is 0 Å². The first-order valence-corrected chi connectivity index (χ1v) is 7.59. The van der Waals surface area contributed by atoms with E-state index in [4.69, 9.17) is 0 Å². The third kappa shape index (κ3) is 6.17. The summed E-state index contributed by atoms with van der Waals surface area (Å²) in [5, 5.41) is 3.70. The second kappa shape index (κ2) is 8.13. The standard InChI is InChI=1S/C15H33N3/c1-13(2)11-18(10-9-17(4)5)12-15-14(3)7-6-8-16-15/h13-16H,6-12H2,1-5H3. The van der Waals surface area contributed by atoms with Crippen molar-refractivity contribution >= 4 is 0 Å². The van der Waals surface area contributed by atoms with Crippen LogP contribution in [0, 0.1) is 11.8 Å². The lowest BCUT2D eigenvalue weighted by molar-refractivity contribution is 0.165. The number of likely N-dealkylation sites (N-methyl/N-ethyl adjacent to an activating group) is 1. The molecule has 1 rings (SSSR count). The Balaban J connectivity index is 2.42. The highest BCUT2D eigenvalue weighted by Gasteiger charge is 2.23. The van der Waals surface area contributed by atoms with E-state index in [0.717, 1.165) is 18.4 Å². The Bertz CT molecular complexity index is 216. The lowest BCUT2D eigenvalue weighted by Gasteiger charge is -2.35. The maximum atomic E-state index is 3.70. The lowest BCUT2D eigenvalue weighted by atomic mass is 9.92. The largest absolute Gasteiger partial charge is 0.312 e. The molecule has 1 N–H and O–H groups in total. The summed E-state index contributed by atoms with van der Waals surface area (Å²) in [5.74, 6) is 1.58. The molecule has 2 atom stereocenters. The van der Waals surface area contributed by atoms with Crippen molar-refractivity contribution in [1.29, 1.82) is 0 Å². The van der Waals surface area contributed by atoms with Crippen LogP contribution in [0.5, 0.6) is 0 Å². The highest BCUT2D eigenvalue weighted by Crippen LogP contribution is 2.16. The van der Waals surface area contributed by atoms with Gasteiger partial charge in [0.1, 0.15) is 0 Å². The van der Waals surface area contributed by atoms with Gasteiger partial charge in [-0.3, -0.25) is 0 Å². The minimum atomic E-state index is 0.694. The van der Waals surface area contributed by atoms with E-state index in [1.54, 1.807) is 0 Å². The van der Waals surface area contributed by atoms with Crippen LogP contribution in [0.2, 0.25) is 0 Å². The zero-order valence-corrected chi connectivity index (χ0v) is 13.1. The van der Waals surface area contributed by atoms with Gasteiger partial charge >= 0.3 is 0 Å². The molecule has 108 valence electrons. The molecule has 0 aliphatic carbocycles. The summed E-state index contributed by atoms with van der Waals surface area (Å²) in [6.07, 6.45) is 2.74. The van der Waals surface area contributed by atoms with Crippen molar-refractivity contribution < 1.29 is 0 Å². The molecule has 0 amide bonds. The summed E-state index contributed by atoms with van der Waals surface area (Å²) in [4.78, 5) is 4.93. The molecule has 1 fully saturated rings. The van der Waals surface area contributed by atoms with E-state index < -0.39 is 0 Å². The molecule has 0 aromatic carbocycles. The molecule has 18 heavy (non-hydrogen) atoms. The second-order valence-corrected chi connectivity index (χ2v) is 6.64. The number of piperidine rings is 1. The first-order chi connectivity index (χ1) is 8.49. The molecule has 2 unspecified atom stereocenters. The molecule has 0 aromatic rings. The summed E-state index contributed by atoms with van der Waals surface area (Å²) in [7, 11) is 4.32. The topological polar surface area (TPSA) is 18.5 Å². The van der Waals surface area contributed by atoms with Crippen molar-refractivity contribution in [3.63, 3.8) is 0 Å². The molecule has 0 radical (unpaired) electrons. The third-order valence-electron chi connectivity index (χ3n) is 3.87. The smallest absolute Gasteiger partial charge is 0.0220 e. The van der Waals surface area contributed by atoms with Crippen LogP contribution in [0.25, 0.3) is 0 Å². The van der Waals surface area contributed by atoms with Crippen molar-refractivity contribution in [3.8, 4) is 0 Å². The van der Waals surface area contributed by atoms with Crippen LogP contribution < -0.4 is 5.32 Å². The predicted molar refractivity (Wildman–Crippen MR) is 80.0 cm³/mol. The first-order valence-electron chi connectivity index (χ1n) is 7.59. The van der Waals surface area contributed by atoms with E-state index in [1.807, 2.05) is 0 Å². The Hall–Kier alpha value is -0.120. The van der Waals surface area contributed by atoms with Gasteiger partial charge in [0.25, 0.3) is 0 Å². The van der Waals surface area contributed by atoms with E-state index in [0.29, 0.717) is 6.04 Å². The normalized spacial score (nSPS) is 25.3. The van der Waals surface area contributed by atoms with Gasteiger partial charge in [-0.1, -0.05) is 20.8 Å². The molecule has 1 aliphatic heterocycles. The van der Waals surface area contributed by atoms with Crippen LogP contribution in [-0.2, 0) is 0 Å². The highest BCUT2D eigenvalue weighted by molar-refractivity contribution is 4.82. The van der Waals surface area contributed by atoms with Gasteiger partial charge in [-0.05, 0) is 45.3 Å². The summed E-state index contributed by atoms with van der Waals surface area (Å²) in [6, 6.07) is 0.694. The van der Waals surface area contributed by atoms with Gasteiger partial charge in [0.05, 0.1) is 0 Å². The highest BCUT2D eigenvalue weighted by atomic mass is 15.2. The fraction of sp³-hybridized carbons (Fsp3) is 1.00. The van der Waals surface area contributed by atoms with Gasteiger partial charge in [0.2, 0.25) is 0 Å². The number of nitrogens with zero attached hydrogens (tertiary/aromatic N) is 2. The van der Waals surface area contributed by atoms with E-state index in [-0.39, 0.29) is 0 Å². The van der Waals surface area contributed by atoms with E-state index in [9.17, 15) is 0 Å². The van der Waals surface area contributed by atoms with Gasteiger partial charge in [-0.15, -0.1) is 0 Å². The fourth-order valence-electron chi connectivity index (χ4n) is 2.75. The average molecular weight is 255 g/mol. The van der Waals surface area contributed by atoms with E-state index in [1.165, 1.54) is 39.0 Å². The zero-order valence-electron chi connectivity index (χ0n) is 13.1. The minimum Gasteiger partial charge on any atom is -0.312 e. The van der Waals surface area contributed by atoms with Gasteiger partial charge in [-0.2, -0.15) is 0 Å². The number of nitrogens with one attached hydrogen (secondary N) is 1. The Morgan fingerprint density at radius 2 is 1.94 bits per heavy atom. The summed E-state index contributed by atoms with van der Waals surface area (Å²) >= 11 is 0. The monoisotopic (exact) mass is 255 g/mol. The minimum absolute atomic E-state index is 0.694. The van der Waals surface area contributed by atoms with Crippen molar-refractivity contribution in [1.82, 2.24) is 15.1 Å². The molecule has 0 aromatic heterocycles. The molecular weight excluding hydrogens is 222 g/mol. The van der Waals surface area contributed by atoms with Gasteiger partial charge < -0.3 is 15.1 Å². The van der Waals surface area contributed by atoms with Crippen molar-refractivity contribution in [2.45, 2.75) is 39.7 Å². The van der Waals surface area contributed by atoms with Crippen LogP contribution in [0.15, 0.2) is 0 Å². The summed E-state index contributed by atoms with van der Waals surface area (Å²) < 4.78 is 0. The summed E-state index contributed by atoms with van der Waals surface area (Å²) in [6.45, 7) is 13.0. The molecule has 0 bridgehead atoms. The second-order valence-electron chi connectivity index (χ2n) is 6.64. The zero-order chi connectivity index (χ0) is 13.5. The van der Waals surface area contributed by atoms with Crippen LogP contribution in [0.1, 0.15) is 33.6 Å².